The third-order valence-electron chi connectivity index (χ3n) is 7.41. The van der Waals surface area contributed by atoms with Gasteiger partial charge in [0.2, 0.25) is 11.8 Å². The van der Waals surface area contributed by atoms with Crippen LogP contribution >= 0.6 is 0 Å². The molecule has 1 N–H and O–H groups in total. The predicted molar refractivity (Wildman–Crippen MR) is 167 cm³/mol. The maximum absolute atomic E-state index is 14.2. The number of carbonyl (C=O) groups is 2. The Labute approximate surface area is 250 Å². The second-order valence-corrected chi connectivity index (χ2v) is 12.6. The Morgan fingerprint density at radius 2 is 1.50 bits per heavy atom. The average Bonchev–Trinajstić information content (AvgIpc) is 2.96. The second-order valence-electron chi connectivity index (χ2n) is 10.7. The quantitative estimate of drug-likeness (QED) is 0.281. The molecule has 3 aromatic rings. The fourth-order valence-electron chi connectivity index (χ4n) is 4.72. The third kappa shape index (κ3) is 7.91. The van der Waals surface area contributed by atoms with E-state index in [0.717, 1.165) is 33.0 Å². The van der Waals surface area contributed by atoms with Crippen LogP contribution in [0.1, 0.15) is 55.9 Å². The van der Waals surface area contributed by atoms with E-state index in [9.17, 15) is 18.0 Å². The lowest BCUT2D eigenvalue weighted by Crippen LogP contribution is -2.53. The van der Waals surface area contributed by atoms with Gasteiger partial charge in [-0.25, -0.2) is 8.42 Å². The van der Waals surface area contributed by atoms with E-state index in [-0.39, 0.29) is 23.4 Å². The lowest BCUT2D eigenvalue weighted by Gasteiger charge is -2.34. The number of ether oxygens (including phenoxy) is 1. The number of methoxy groups -OCH3 is 1. The molecular formula is C33H43N3O5S. The van der Waals surface area contributed by atoms with Crippen LogP contribution in [-0.4, -0.2) is 50.9 Å². The minimum Gasteiger partial charge on any atom is -0.497 e. The first-order valence-electron chi connectivity index (χ1n) is 14.3. The zero-order chi connectivity index (χ0) is 31.0. The van der Waals surface area contributed by atoms with Gasteiger partial charge in [0.15, 0.2) is 0 Å². The molecule has 2 atom stereocenters. The van der Waals surface area contributed by atoms with Gasteiger partial charge in [0.1, 0.15) is 18.3 Å². The average molecular weight is 594 g/mol. The largest absolute Gasteiger partial charge is 0.497 e. The molecule has 226 valence electrons. The van der Waals surface area contributed by atoms with Crippen LogP contribution in [0.3, 0.4) is 0 Å². The summed E-state index contributed by atoms with van der Waals surface area (Å²) in [5.74, 6) is -0.0794. The van der Waals surface area contributed by atoms with Crippen molar-refractivity contribution in [1.82, 2.24) is 10.2 Å². The van der Waals surface area contributed by atoms with Gasteiger partial charge in [0.05, 0.1) is 17.7 Å². The summed E-state index contributed by atoms with van der Waals surface area (Å²) in [7, 11) is -2.55. The molecule has 0 fully saturated rings. The highest BCUT2D eigenvalue weighted by Gasteiger charge is 2.34. The van der Waals surface area contributed by atoms with Gasteiger partial charge in [0.25, 0.3) is 10.0 Å². The molecule has 0 aromatic heterocycles. The molecule has 0 heterocycles. The summed E-state index contributed by atoms with van der Waals surface area (Å²) in [4.78, 5) is 29.2. The Morgan fingerprint density at radius 1 is 0.881 bits per heavy atom. The SMILES string of the molecule is CC[C@H](C(=O)N[C@@H](C)CC)N(Cc1ccc(OC)cc1)C(=O)CN(c1ccc(C)cc1C)S(=O)(=O)c1ccc(C)cc1. The van der Waals surface area contributed by atoms with Crippen molar-refractivity contribution in [2.45, 2.75) is 77.9 Å². The van der Waals surface area contributed by atoms with Gasteiger partial charge in [-0.15, -0.1) is 0 Å². The van der Waals surface area contributed by atoms with Crippen LogP contribution in [0.25, 0.3) is 0 Å². The first-order chi connectivity index (χ1) is 19.9. The summed E-state index contributed by atoms with van der Waals surface area (Å²) in [6.07, 6.45) is 1.10. The maximum Gasteiger partial charge on any atom is 0.264 e. The van der Waals surface area contributed by atoms with E-state index in [1.807, 2.05) is 65.8 Å². The highest BCUT2D eigenvalue weighted by Crippen LogP contribution is 2.29. The van der Waals surface area contributed by atoms with Gasteiger partial charge in [-0.05, 0) is 82.0 Å². The van der Waals surface area contributed by atoms with Crippen LogP contribution in [0.5, 0.6) is 5.75 Å². The van der Waals surface area contributed by atoms with E-state index in [1.54, 1.807) is 49.6 Å². The summed E-state index contributed by atoms with van der Waals surface area (Å²) in [6, 6.07) is 18.4. The van der Waals surface area contributed by atoms with Crippen LogP contribution in [0.15, 0.2) is 71.6 Å². The summed E-state index contributed by atoms with van der Waals surface area (Å²) in [5.41, 5.74) is 3.83. The second kappa shape index (κ2) is 14.4. The van der Waals surface area contributed by atoms with Crippen LogP contribution in [0, 0.1) is 20.8 Å². The number of amides is 2. The molecular weight excluding hydrogens is 550 g/mol. The molecule has 3 aromatic carbocycles. The van der Waals surface area contributed by atoms with Crippen LogP contribution in [0.2, 0.25) is 0 Å². The van der Waals surface area contributed by atoms with Crippen molar-refractivity contribution >= 4 is 27.5 Å². The number of anilines is 1. The van der Waals surface area contributed by atoms with Gasteiger partial charge in [-0.3, -0.25) is 13.9 Å². The minimum atomic E-state index is -4.12. The summed E-state index contributed by atoms with van der Waals surface area (Å²) < 4.78 is 34.6. The van der Waals surface area contributed by atoms with Gasteiger partial charge >= 0.3 is 0 Å². The van der Waals surface area contributed by atoms with E-state index in [4.69, 9.17) is 4.74 Å². The Morgan fingerprint density at radius 3 is 2.05 bits per heavy atom. The number of aryl methyl sites for hydroxylation is 3. The van der Waals surface area contributed by atoms with E-state index in [0.29, 0.717) is 17.9 Å². The first kappa shape index (κ1) is 32.7. The van der Waals surface area contributed by atoms with Gasteiger partial charge in [-0.2, -0.15) is 0 Å². The normalized spacial score (nSPS) is 12.7. The molecule has 0 aliphatic carbocycles. The van der Waals surface area contributed by atoms with Crippen molar-refractivity contribution in [1.29, 1.82) is 0 Å². The Kier molecular flexibility index (Phi) is 11.2. The molecule has 0 aliphatic rings. The van der Waals surface area contributed by atoms with Crippen molar-refractivity contribution in [2.24, 2.45) is 0 Å². The highest BCUT2D eigenvalue weighted by molar-refractivity contribution is 7.92. The fraction of sp³-hybridized carbons (Fsp3) is 0.394. The highest BCUT2D eigenvalue weighted by atomic mass is 32.2. The molecule has 0 spiro atoms. The van der Waals surface area contributed by atoms with Crippen LogP contribution in [0.4, 0.5) is 5.69 Å². The summed E-state index contributed by atoms with van der Waals surface area (Å²) >= 11 is 0. The number of hydrogen-bond donors (Lipinski definition) is 1. The van der Waals surface area contributed by atoms with Crippen LogP contribution < -0.4 is 14.4 Å². The number of hydrogen-bond acceptors (Lipinski definition) is 5. The maximum atomic E-state index is 14.2. The zero-order valence-electron chi connectivity index (χ0n) is 25.7. The molecule has 0 radical (unpaired) electrons. The Hall–Kier alpha value is -3.85. The molecule has 0 aliphatic heterocycles. The number of nitrogens with zero attached hydrogens (tertiary/aromatic N) is 2. The van der Waals surface area contributed by atoms with Crippen molar-refractivity contribution in [2.75, 3.05) is 18.0 Å². The number of nitrogens with one attached hydrogen (secondary N) is 1. The van der Waals surface area contributed by atoms with Crippen molar-refractivity contribution < 1.29 is 22.7 Å². The standard InChI is InChI=1S/C33H43N3O5S/c1-8-26(6)34-33(38)30(9-2)35(21-27-13-15-28(41-7)16-14-27)32(37)22-36(31-19-12-24(4)20-25(31)5)42(39,40)29-17-10-23(3)11-18-29/h10-20,26,30H,8-9,21-22H2,1-7H3,(H,34,38)/t26-,30+/m0/s1. The van der Waals surface area contributed by atoms with Crippen molar-refractivity contribution in [3.8, 4) is 5.75 Å². The monoisotopic (exact) mass is 593 g/mol. The Bertz CT molecular complexity index is 1470. The predicted octanol–water partition coefficient (Wildman–Crippen LogP) is 5.54. The topological polar surface area (TPSA) is 96.0 Å². The number of rotatable bonds is 13. The zero-order valence-corrected chi connectivity index (χ0v) is 26.5. The van der Waals surface area contributed by atoms with Gasteiger partial charge in [-0.1, -0.05) is 61.4 Å². The summed E-state index contributed by atoms with van der Waals surface area (Å²) in [5, 5.41) is 3.00. The minimum absolute atomic E-state index is 0.0712. The molecule has 3 rings (SSSR count). The first-order valence-corrected chi connectivity index (χ1v) is 15.7. The fourth-order valence-corrected chi connectivity index (χ4v) is 6.20. The van der Waals surface area contributed by atoms with E-state index in [1.165, 1.54) is 4.90 Å². The lowest BCUT2D eigenvalue weighted by atomic mass is 10.1. The number of sulfonamides is 1. The lowest BCUT2D eigenvalue weighted by molar-refractivity contribution is -0.140. The molecule has 42 heavy (non-hydrogen) atoms. The molecule has 0 unspecified atom stereocenters. The number of carbonyl (C=O) groups excluding carboxylic acids is 2. The van der Waals surface area contributed by atoms with Crippen molar-refractivity contribution in [3.63, 3.8) is 0 Å². The molecule has 0 saturated heterocycles. The van der Waals surface area contributed by atoms with E-state index in [2.05, 4.69) is 5.32 Å². The van der Waals surface area contributed by atoms with E-state index >= 15 is 0 Å². The molecule has 8 nitrogen and oxygen atoms in total. The Balaban J connectivity index is 2.09. The summed E-state index contributed by atoms with van der Waals surface area (Å²) in [6.45, 7) is 11.0. The number of benzene rings is 3. The smallest absolute Gasteiger partial charge is 0.264 e. The van der Waals surface area contributed by atoms with Gasteiger partial charge < -0.3 is 15.0 Å². The molecule has 0 saturated carbocycles. The molecule has 9 heteroatoms. The molecule has 0 bridgehead atoms. The molecule has 2 amide bonds. The van der Waals surface area contributed by atoms with Gasteiger partial charge in [0, 0.05) is 12.6 Å². The van der Waals surface area contributed by atoms with Crippen molar-refractivity contribution in [3.05, 3.63) is 89.0 Å². The van der Waals surface area contributed by atoms with Crippen LogP contribution in [-0.2, 0) is 26.2 Å². The third-order valence-corrected chi connectivity index (χ3v) is 9.18. The van der Waals surface area contributed by atoms with E-state index < -0.39 is 28.5 Å².